The lowest BCUT2D eigenvalue weighted by Gasteiger charge is -2.09. The smallest absolute Gasteiger partial charge is 0.143 e. The highest BCUT2D eigenvalue weighted by molar-refractivity contribution is 4.96. The van der Waals surface area contributed by atoms with Gasteiger partial charge in [0.25, 0.3) is 0 Å². The molecular formula is C8H14N4. The van der Waals surface area contributed by atoms with Crippen LogP contribution in [0.15, 0.2) is 6.33 Å². The fourth-order valence-electron chi connectivity index (χ4n) is 1.69. The lowest BCUT2D eigenvalue weighted by molar-refractivity contribution is 0.528. The first-order valence-electron chi connectivity index (χ1n) is 4.53. The first-order chi connectivity index (χ1) is 5.92. The number of aryl methyl sites for hydroxylation is 1. The molecule has 4 heteroatoms. The highest BCUT2D eigenvalue weighted by atomic mass is 15.3. The molecule has 1 aliphatic rings. The molecule has 0 spiro atoms. The van der Waals surface area contributed by atoms with Crippen molar-refractivity contribution in [2.75, 3.05) is 6.54 Å². The van der Waals surface area contributed by atoms with Crippen LogP contribution >= 0.6 is 0 Å². The van der Waals surface area contributed by atoms with Gasteiger partial charge < -0.3 is 5.32 Å². The van der Waals surface area contributed by atoms with Gasteiger partial charge in [-0.05, 0) is 26.3 Å². The minimum atomic E-state index is 0.437. The average Bonchev–Trinajstić information content (AvgIpc) is 2.74. The molecule has 1 aromatic heterocycles. The molecule has 0 radical (unpaired) electrons. The standard InChI is InChI=1S/C8H14N4/c1-2-12-8(10-6-11-12)7-4-3-5-9-7/h6-7,9H,2-5H2,1H3. The number of nitrogens with one attached hydrogen (secondary N) is 1. The lowest BCUT2D eigenvalue weighted by atomic mass is 10.2. The molecule has 4 nitrogen and oxygen atoms in total. The van der Waals surface area contributed by atoms with Crippen molar-refractivity contribution in [2.24, 2.45) is 0 Å². The Morgan fingerprint density at radius 2 is 2.67 bits per heavy atom. The minimum Gasteiger partial charge on any atom is -0.307 e. The van der Waals surface area contributed by atoms with Gasteiger partial charge in [-0.2, -0.15) is 5.10 Å². The van der Waals surface area contributed by atoms with E-state index in [4.69, 9.17) is 0 Å². The van der Waals surface area contributed by atoms with E-state index in [9.17, 15) is 0 Å². The Labute approximate surface area is 72.0 Å². The number of aromatic nitrogens is 3. The molecule has 1 N–H and O–H groups in total. The number of nitrogens with zero attached hydrogens (tertiary/aromatic N) is 3. The first-order valence-corrected chi connectivity index (χ1v) is 4.53. The maximum atomic E-state index is 4.26. The maximum Gasteiger partial charge on any atom is 0.143 e. The fraction of sp³-hybridized carbons (Fsp3) is 0.750. The number of hydrogen-bond acceptors (Lipinski definition) is 3. The van der Waals surface area contributed by atoms with E-state index >= 15 is 0 Å². The van der Waals surface area contributed by atoms with Crippen molar-refractivity contribution in [1.82, 2.24) is 20.1 Å². The zero-order valence-corrected chi connectivity index (χ0v) is 7.32. The molecule has 1 unspecified atom stereocenters. The molecule has 1 saturated heterocycles. The second-order valence-electron chi connectivity index (χ2n) is 3.08. The summed E-state index contributed by atoms with van der Waals surface area (Å²) in [5, 5.41) is 7.56. The Kier molecular flexibility index (Phi) is 2.08. The molecule has 0 saturated carbocycles. The van der Waals surface area contributed by atoms with Gasteiger partial charge in [0.05, 0.1) is 6.04 Å². The third kappa shape index (κ3) is 1.22. The van der Waals surface area contributed by atoms with Crippen molar-refractivity contribution < 1.29 is 0 Å². The van der Waals surface area contributed by atoms with E-state index in [1.54, 1.807) is 6.33 Å². The highest BCUT2D eigenvalue weighted by Crippen LogP contribution is 2.20. The van der Waals surface area contributed by atoms with Crippen LogP contribution in [0.2, 0.25) is 0 Å². The van der Waals surface area contributed by atoms with E-state index in [1.807, 2.05) is 4.68 Å². The zero-order valence-electron chi connectivity index (χ0n) is 7.32. The molecule has 1 aliphatic heterocycles. The second-order valence-corrected chi connectivity index (χ2v) is 3.08. The van der Waals surface area contributed by atoms with Crippen molar-refractivity contribution in [1.29, 1.82) is 0 Å². The van der Waals surface area contributed by atoms with E-state index < -0.39 is 0 Å². The summed E-state index contributed by atoms with van der Waals surface area (Å²) in [6.45, 7) is 4.11. The molecule has 2 rings (SSSR count). The van der Waals surface area contributed by atoms with Gasteiger partial charge >= 0.3 is 0 Å². The van der Waals surface area contributed by atoms with E-state index in [-0.39, 0.29) is 0 Å². The van der Waals surface area contributed by atoms with Crippen molar-refractivity contribution in [3.63, 3.8) is 0 Å². The SMILES string of the molecule is CCn1ncnc1C1CCCN1. The van der Waals surface area contributed by atoms with E-state index in [1.165, 1.54) is 12.8 Å². The Morgan fingerprint density at radius 3 is 3.33 bits per heavy atom. The average molecular weight is 166 g/mol. The molecule has 2 heterocycles. The number of rotatable bonds is 2. The fourth-order valence-corrected chi connectivity index (χ4v) is 1.69. The summed E-state index contributed by atoms with van der Waals surface area (Å²) in [6, 6.07) is 0.437. The molecule has 0 aromatic carbocycles. The third-order valence-corrected chi connectivity index (χ3v) is 2.32. The maximum absolute atomic E-state index is 4.26. The quantitative estimate of drug-likeness (QED) is 0.704. The van der Waals surface area contributed by atoms with Gasteiger partial charge in [0.2, 0.25) is 0 Å². The topological polar surface area (TPSA) is 42.7 Å². The van der Waals surface area contributed by atoms with Gasteiger partial charge in [0, 0.05) is 6.54 Å². The van der Waals surface area contributed by atoms with Crippen LogP contribution in [-0.4, -0.2) is 21.3 Å². The molecule has 12 heavy (non-hydrogen) atoms. The monoisotopic (exact) mass is 166 g/mol. The Bertz CT molecular complexity index is 249. The summed E-state index contributed by atoms with van der Waals surface area (Å²) in [6.07, 6.45) is 4.08. The summed E-state index contributed by atoms with van der Waals surface area (Å²) in [4.78, 5) is 4.26. The molecule has 66 valence electrons. The van der Waals surface area contributed by atoms with Gasteiger partial charge in [-0.3, -0.25) is 0 Å². The van der Waals surface area contributed by atoms with Crippen molar-refractivity contribution in [3.05, 3.63) is 12.2 Å². The minimum absolute atomic E-state index is 0.437. The van der Waals surface area contributed by atoms with Crippen molar-refractivity contribution in [2.45, 2.75) is 32.4 Å². The number of hydrogen-bond donors (Lipinski definition) is 1. The van der Waals surface area contributed by atoms with Gasteiger partial charge in [-0.1, -0.05) is 0 Å². The van der Waals surface area contributed by atoms with E-state index in [2.05, 4.69) is 22.3 Å². The summed E-state index contributed by atoms with van der Waals surface area (Å²) in [5.74, 6) is 1.09. The molecule has 1 aromatic rings. The van der Waals surface area contributed by atoms with Crippen LogP contribution in [0.1, 0.15) is 31.6 Å². The molecule has 0 bridgehead atoms. The van der Waals surface area contributed by atoms with Crippen LogP contribution in [0.25, 0.3) is 0 Å². The first kappa shape index (κ1) is 7.73. The summed E-state index contributed by atoms with van der Waals surface area (Å²) in [5.41, 5.74) is 0. The Morgan fingerprint density at radius 1 is 1.75 bits per heavy atom. The van der Waals surface area contributed by atoms with Gasteiger partial charge in [0.1, 0.15) is 12.2 Å². The zero-order chi connectivity index (χ0) is 8.39. The van der Waals surface area contributed by atoms with E-state index in [0.717, 1.165) is 18.9 Å². The predicted molar refractivity (Wildman–Crippen MR) is 45.7 cm³/mol. The van der Waals surface area contributed by atoms with Crippen LogP contribution in [-0.2, 0) is 6.54 Å². The van der Waals surface area contributed by atoms with Crippen LogP contribution in [0.4, 0.5) is 0 Å². The van der Waals surface area contributed by atoms with Gasteiger partial charge in [-0.15, -0.1) is 0 Å². The van der Waals surface area contributed by atoms with Gasteiger partial charge in [0.15, 0.2) is 0 Å². The predicted octanol–water partition coefficient (Wildman–Crippen LogP) is 0.722. The van der Waals surface area contributed by atoms with Crippen molar-refractivity contribution >= 4 is 0 Å². The summed E-state index contributed by atoms with van der Waals surface area (Å²) >= 11 is 0. The summed E-state index contributed by atoms with van der Waals surface area (Å²) in [7, 11) is 0. The largest absolute Gasteiger partial charge is 0.307 e. The molecule has 0 amide bonds. The van der Waals surface area contributed by atoms with Crippen LogP contribution in [0.5, 0.6) is 0 Å². The lowest BCUT2D eigenvalue weighted by Crippen LogP contribution is -2.18. The van der Waals surface area contributed by atoms with E-state index in [0.29, 0.717) is 6.04 Å². The van der Waals surface area contributed by atoms with Crippen molar-refractivity contribution in [3.8, 4) is 0 Å². The Hall–Kier alpha value is -0.900. The Balaban J connectivity index is 2.19. The molecule has 0 aliphatic carbocycles. The van der Waals surface area contributed by atoms with Gasteiger partial charge in [-0.25, -0.2) is 9.67 Å². The van der Waals surface area contributed by atoms with Crippen LogP contribution in [0, 0.1) is 0 Å². The van der Waals surface area contributed by atoms with Crippen LogP contribution < -0.4 is 5.32 Å². The van der Waals surface area contributed by atoms with Crippen LogP contribution in [0.3, 0.4) is 0 Å². The summed E-state index contributed by atoms with van der Waals surface area (Å²) < 4.78 is 1.96. The second kappa shape index (κ2) is 3.23. The normalized spacial score (nSPS) is 23.2. The molecule has 1 atom stereocenters. The third-order valence-electron chi connectivity index (χ3n) is 2.32. The molecule has 1 fully saturated rings. The molecular weight excluding hydrogens is 152 g/mol. The highest BCUT2D eigenvalue weighted by Gasteiger charge is 2.20.